The van der Waals surface area contributed by atoms with E-state index in [1.54, 1.807) is 25.1 Å². The highest BCUT2D eigenvalue weighted by atomic mass is 35.5. The van der Waals surface area contributed by atoms with Crippen LogP contribution in [0.1, 0.15) is 31.1 Å². The van der Waals surface area contributed by atoms with E-state index in [1.165, 1.54) is 12.1 Å². The van der Waals surface area contributed by atoms with Crippen molar-refractivity contribution in [3.63, 3.8) is 0 Å². The van der Waals surface area contributed by atoms with Crippen molar-refractivity contribution in [2.75, 3.05) is 0 Å². The van der Waals surface area contributed by atoms with Crippen LogP contribution in [0.15, 0.2) is 34.9 Å². The van der Waals surface area contributed by atoms with Gasteiger partial charge in [0.2, 0.25) is 0 Å². The molecule has 0 spiro atoms. The number of benzene rings is 1. The molecule has 2 nitrogen and oxygen atoms in total. The summed E-state index contributed by atoms with van der Waals surface area (Å²) in [4.78, 5) is 0. The van der Waals surface area contributed by atoms with Crippen LogP contribution in [-0.4, -0.2) is 5.16 Å². The first-order valence-corrected chi connectivity index (χ1v) is 6.60. The normalized spacial score (nSPS) is 11.8. The van der Waals surface area contributed by atoms with E-state index in [4.69, 9.17) is 16.1 Å². The summed E-state index contributed by atoms with van der Waals surface area (Å²) < 4.78 is 32.4. The topological polar surface area (TPSA) is 26.0 Å². The second-order valence-corrected chi connectivity index (χ2v) is 4.61. The molecule has 19 heavy (non-hydrogen) atoms. The molecule has 0 fully saturated rings. The Hall–Kier alpha value is -1.42. The summed E-state index contributed by atoms with van der Waals surface area (Å²) in [5, 5.41) is 3.84. The molecule has 102 valence electrons. The predicted octanol–water partition coefficient (Wildman–Crippen LogP) is 4.97. The Morgan fingerprint density at radius 3 is 2.47 bits per heavy atom. The smallest absolute Gasteiger partial charge is 0.273 e. The summed E-state index contributed by atoms with van der Waals surface area (Å²) >= 11 is 5.61. The number of halogens is 3. The Bertz CT molecular complexity index is 537. The first kappa shape index (κ1) is 14.0. The molecule has 0 saturated carbocycles. The third kappa shape index (κ3) is 3.13. The number of nitrogens with zero attached hydrogens (tertiary/aromatic N) is 1. The number of aromatic nitrogens is 1. The zero-order valence-corrected chi connectivity index (χ0v) is 11.3. The van der Waals surface area contributed by atoms with Crippen molar-refractivity contribution in [3.05, 3.63) is 41.7 Å². The first-order chi connectivity index (χ1) is 9.06. The molecule has 0 unspecified atom stereocenters. The van der Waals surface area contributed by atoms with Gasteiger partial charge in [-0.15, -0.1) is 11.6 Å². The van der Waals surface area contributed by atoms with Crippen molar-refractivity contribution in [2.24, 2.45) is 0 Å². The summed E-state index contributed by atoms with van der Waals surface area (Å²) in [6.45, 7) is 1.74. The average Bonchev–Trinajstić information content (AvgIpc) is 2.87. The molecule has 5 heteroatoms. The van der Waals surface area contributed by atoms with Gasteiger partial charge in [0.1, 0.15) is 5.69 Å². The van der Waals surface area contributed by atoms with Crippen LogP contribution in [0.4, 0.5) is 8.78 Å². The van der Waals surface area contributed by atoms with Gasteiger partial charge in [0.25, 0.3) is 5.92 Å². The minimum Gasteiger partial charge on any atom is -0.359 e. The maximum Gasteiger partial charge on any atom is 0.273 e. The van der Waals surface area contributed by atoms with Gasteiger partial charge in [-0.25, -0.2) is 8.78 Å². The summed E-state index contributed by atoms with van der Waals surface area (Å²) in [7, 11) is 0. The average molecular weight is 286 g/mol. The Balaban J connectivity index is 2.23. The Morgan fingerprint density at radius 1 is 1.26 bits per heavy atom. The lowest BCUT2D eigenvalue weighted by Gasteiger charge is -2.15. The number of hydrogen-bond donors (Lipinski definition) is 0. The third-order valence-corrected chi connectivity index (χ3v) is 3.12. The lowest BCUT2D eigenvalue weighted by Crippen LogP contribution is -2.12. The van der Waals surface area contributed by atoms with Gasteiger partial charge in [0.05, 0.1) is 5.88 Å². The van der Waals surface area contributed by atoms with Crippen LogP contribution in [0.3, 0.4) is 0 Å². The van der Waals surface area contributed by atoms with Gasteiger partial charge in [-0.3, -0.25) is 0 Å². The van der Waals surface area contributed by atoms with Gasteiger partial charge >= 0.3 is 0 Å². The van der Waals surface area contributed by atoms with Gasteiger partial charge in [0.15, 0.2) is 5.76 Å². The number of rotatable bonds is 5. The molecule has 2 rings (SSSR count). The Labute approximate surface area is 115 Å². The van der Waals surface area contributed by atoms with Crippen molar-refractivity contribution in [2.45, 2.75) is 31.6 Å². The van der Waals surface area contributed by atoms with Crippen LogP contribution in [-0.2, 0) is 11.8 Å². The minimum absolute atomic E-state index is 0.0270. The third-order valence-electron chi connectivity index (χ3n) is 2.86. The predicted molar refractivity (Wildman–Crippen MR) is 70.3 cm³/mol. The lowest BCUT2D eigenvalue weighted by atomic mass is 10.0. The molecule has 0 radical (unpaired) electrons. The molecule has 0 saturated heterocycles. The van der Waals surface area contributed by atoms with E-state index in [-0.39, 0.29) is 17.9 Å². The van der Waals surface area contributed by atoms with Gasteiger partial charge < -0.3 is 4.52 Å². The summed E-state index contributed by atoms with van der Waals surface area (Å²) in [6.07, 6.45) is 0.295. The molecule has 0 atom stereocenters. The number of hydrogen-bond acceptors (Lipinski definition) is 2. The van der Waals surface area contributed by atoms with Crippen LogP contribution in [0.2, 0.25) is 0 Å². The quantitative estimate of drug-likeness (QED) is 0.725. The molecular formula is C14H14ClF2NO. The van der Waals surface area contributed by atoms with Gasteiger partial charge in [-0.05, 0) is 0 Å². The minimum atomic E-state index is -2.78. The van der Waals surface area contributed by atoms with E-state index < -0.39 is 5.92 Å². The fourth-order valence-electron chi connectivity index (χ4n) is 1.86. The van der Waals surface area contributed by atoms with Crippen LogP contribution < -0.4 is 0 Å². The van der Waals surface area contributed by atoms with E-state index in [2.05, 4.69) is 5.16 Å². The zero-order valence-electron chi connectivity index (χ0n) is 10.5. The van der Waals surface area contributed by atoms with Gasteiger partial charge in [0, 0.05) is 23.6 Å². The zero-order chi connectivity index (χ0) is 13.9. The van der Waals surface area contributed by atoms with Gasteiger partial charge in [-0.2, -0.15) is 0 Å². The van der Waals surface area contributed by atoms with Crippen LogP contribution in [0, 0.1) is 0 Å². The first-order valence-electron chi connectivity index (χ1n) is 6.07. The monoisotopic (exact) mass is 285 g/mol. The fourth-order valence-corrected chi connectivity index (χ4v) is 1.98. The number of alkyl halides is 3. The maximum atomic E-state index is 13.7. The van der Waals surface area contributed by atoms with Crippen LogP contribution in [0.5, 0.6) is 0 Å². The molecule has 0 aliphatic carbocycles. The fraction of sp³-hybridized carbons (Fsp3) is 0.357. The second kappa shape index (κ2) is 5.70. The van der Waals surface area contributed by atoms with E-state index in [1.807, 2.05) is 0 Å². The molecule has 1 aromatic carbocycles. The molecule has 0 amide bonds. The highest BCUT2D eigenvalue weighted by Crippen LogP contribution is 2.33. The summed E-state index contributed by atoms with van der Waals surface area (Å²) in [6, 6.07) is 7.80. The highest BCUT2D eigenvalue weighted by molar-refractivity contribution is 6.16. The molecule has 0 aliphatic heterocycles. The van der Waals surface area contributed by atoms with Crippen LogP contribution in [0.25, 0.3) is 11.3 Å². The summed E-state index contributed by atoms with van der Waals surface area (Å²) in [5.41, 5.74) is 1.36. The van der Waals surface area contributed by atoms with E-state index in [9.17, 15) is 8.78 Å². The standard InChI is InChI=1S/C14H14ClF2NO/c1-2-7-14(16,17)11-5-3-10(4-6-11)13-8-12(9-15)19-18-13/h3-6,8H,2,7,9H2,1H3. The van der Waals surface area contributed by atoms with Crippen LogP contribution >= 0.6 is 11.6 Å². The highest BCUT2D eigenvalue weighted by Gasteiger charge is 2.29. The van der Waals surface area contributed by atoms with Crippen molar-refractivity contribution in [1.82, 2.24) is 5.16 Å². The van der Waals surface area contributed by atoms with Crippen molar-refractivity contribution < 1.29 is 13.3 Å². The van der Waals surface area contributed by atoms with E-state index in [0.717, 1.165) is 5.56 Å². The Kier molecular flexibility index (Phi) is 4.20. The molecule has 0 N–H and O–H groups in total. The second-order valence-electron chi connectivity index (χ2n) is 4.34. The summed E-state index contributed by atoms with van der Waals surface area (Å²) in [5.74, 6) is -1.99. The van der Waals surface area contributed by atoms with E-state index >= 15 is 0 Å². The van der Waals surface area contributed by atoms with Crippen molar-refractivity contribution >= 4 is 11.6 Å². The van der Waals surface area contributed by atoms with Crippen molar-refractivity contribution in [3.8, 4) is 11.3 Å². The molecule has 0 bridgehead atoms. The lowest BCUT2D eigenvalue weighted by molar-refractivity contribution is -0.0140. The molecular weight excluding hydrogens is 272 g/mol. The molecule has 1 aromatic heterocycles. The maximum absolute atomic E-state index is 13.7. The largest absolute Gasteiger partial charge is 0.359 e. The Morgan fingerprint density at radius 2 is 1.95 bits per heavy atom. The van der Waals surface area contributed by atoms with Gasteiger partial charge in [-0.1, -0.05) is 42.8 Å². The SMILES string of the molecule is CCCC(F)(F)c1ccc(-c2cc(CCl)on2)cc1. The molecule has 1 heterocycles. The van der Waals surface area contributed by atoms with Crippen molar-refractivity contribution in [1.29, 1.82) is 0 Å². The molecule has 2 aromatic rings. The van der Waals surface area contributed by atoms with E-state index in [0.29, 0.717) is 17.9 Å². The molecule has 0 aliphatic rings.